The first-order valence-corrected chi connectivity index (χ1v) is 7.62. The summed E-state index contributed by atoms with van der Waals surface area (Å²) in [5.74, 6) is -0.219. The lowest BCUT2D eigenvalue weighted by atomic mass is 10.0. The van der Waals surface area contributed by atoms with E-state index < -0.39 is 15.9 Å². The number of hydrogen-bond donors (Lipinski definition) is 1. The molecule has 0 spiro atoms. The quantitative estimate of drug-likeness (QED) is 0.815. The van der Waals surface area contributed by atoms with Crippen molar-refractivity contribution in [2.75, 3.05) is 12.4 Å². The SMILES string of the molecule is CCCNS(=O)(=O)c1ccc(C(C#N)CCl)cc1. The van der Waals surface area contributed by atoms with Gasteiger partial charge in [-0.05, 0) is 24.1 Å². The summed E-state index contributed by atoms with van der Waals surface area (Å²) in [6.07, 6.45) is 0.736. The average Bonchev–Trinajstić information content (AvgIpc) is 2.38. The molecule has 1 atom stereocenters. The Labute approximate surface area is 113 Å². The largest absolute Gasteiger partial charge is 0.240 e. The highest BCUT2D eigenvalue weighted by molar-refractivity contribution is 7.89. The topological polar surface area (TPSA) is 70.0 Å². The van der Waals surface area contributed by atoms with Gasteiger partial charge in [-0.3, -0.25) is 0 Å². The van der Waals surface area contributed by atoms with Gasteiger partial charge in [0.1, 0.15) is 0 Å². The summed E-state index contributed by atoms with van der Waals surface area (Å²) in [4.78, 5) is 0.200. The van der Waals surface area contributed by atoms with E-state index >= 15 is 0 Å². The van der Waals surface area contributed by atoms with Gasteiger partial charge in [-0.15, -0.1) is 11.6 Å². The lowest BCUT2D eigenvalue weighted by Crippen LogP contribution is -2.24. The molecule has 0 bridgehead atoms. The fourth-order valence-corrected chi connectivity index (χ4v) is 2.78. The van der Waals surface area contributed by atoms with E-state index in [4.69, 9.17) is 16.9 Å². The smallest absolute Gasteiger partial charge is 0.211 e. The van der Waals surface area contributed by atoms with Crippen molar-refractivity contribution in [3.05, 3.63) is 29.8 Å². The van der Waals surface area contributed by atoms with Crippen molar-refractivity contribution in [3.63, 3.8) is 0 Å². The number of nitrogens with zero attached hydrogens (tertiary/aromatic N) is 1. The van der Waals surface area contributed by atoms with Crippen LogP contribution >= 0.6 is 11.6 Å². The molecule has 0 aliphatic rings. The van der Waals surface area contributed by atoms with Crippen LogP contribution in [0.25, 0.3) is 0 Å². The number of hydrogen-bond acceptors (Lipinski definition) is 3. The molecule has 0 amide bonds. The Hall–Kier alpha value is -1.09. The highest BCUT2D eigenvalue weighted by Crippen LogP contribution is 2.19. The molecule has 0 aromatic heterocycles. The van der Waals surface area contributed by atoms with Gasteiger partial charge in [-0.1, -0.05) is 19.1 Å². The zero-order valence-electron chi connectivity index (χ0n) is 10.1. The lowest BCUT2D eigenvalue weighted by molar-refractivity contribution is 0.581. The fraction of sp³-hybridized carbons (Fsp3) is 0.417. The minimum absolute atomic E-state index is 0.191. The van der Waals surface area contributed by atoms with Crippen molar-refractivity contribution in [1.82, 2.24) is 4.72 Å². The van der Waals surface area contributed by atoms with E-state index in [0.717, 1.165) is 12.0 Å². The molecule has 0 saturated carbocycles. The Morgan fingerprint density at radius 3 is 2.44 bits per heavy atom. The molecule has 0 saturated heterocycles. The summed E-state index contributed by atoms with van der Waals surface area (Å²) in [5, 5.41) is 8.86. The molecular formula is C12H15ClN2O2S. The molecule has 0 radical (unpaired) electrons. The van der Waals surface area contributed by atoms with Gasteiger partial charge < -0.3 is 0 Å². The highest BCUT2D eigenvalue weighted by Gasteiger charge is 2.14. The second kappa shape index (κ2) is 6.74. The van der Waals surface area contributed by atoms with Crippen LogP contribution in [0.5, 0.6) is 0 Å². The number of sulfonamides is 1. The molecule has 18 heavy (non-hydrogen) atoms. The number of halogens is 1. The zero-order valence-corrected chi connectivity index (χ0v) is 11.6. The lowest BCUT2D eigenvalue weighted by Gasteiger charge is -2.08. The van der Waals surface area contributed by atoms with Crippen molar-refractivity contribution in [2.45, 2.75) is 24.2 Å². The maximum Gasteiger partial charge on any atom is 0.240 e. The maximum absolute atomic E-state index is 11.8. The van der Waals surface area contributed by atoms with Crippen LogP contribution < -0.4 is 4.72 Å². The summed E-state index contributed by atoms with van der Waals surface area (Å²) >= 11 is 5.65. The first-order chi connectivity index (χ1) is 8.55. The molecule has 0 aliphatic carbocycles. The van der Waals surface area contributed by atoms with E-state index in [1.54, 1.807) is 12.1 Å². The van der Waals surface area contributed by atoms with Crippen molar-refractivity contribution in [1.29, 1.82) is 5.26 Å². The molecule has 1 unspecified atom stereocenters. The molecule has 0 aliphatic heterocycles. The van der Waals surface area contributed by atoms with Gasteiger partial charge in [0, 0.05) is 12.4 Å². The van der Waals surface area contributed by atoms with Crippen LogP contribution in [-0.2, 0) is 10.0 Å². The first-order valence-electron chi connectivity index (χ1n) is 5.60. The van der Waals surface area contributed by atoms with Crippen LogP contribution in [0, 0.1) is 11.3 Å². The number of nitriles is 1. The fourth-order valence-electron chi connectivity index (χ4n) is 1.40. The Morgan fingerprint density at radius 2 is 2.00 bits per heavy atom. The second-order valence-electron chi connectivity index (χ2n) is 3.80. The Balaban J connectivity index is 2.93. The normalized spacial score (nSPS) is 12.9. The summed E-state index contributed by atoms with van der Waals surface area (Å²) in [7, 11) is -3.44. The van der Waals surface area contributed by atoms with Crippen LogP contribution in [0.4, 0.5) is 0 Å². The van der Waals surface area contributed by atoms with Gasteiger partial charge in [-0.2, -0.15) is 5.26 Å². The third kappa shape index (κ3) is 3.70. The number of rotatable bonds is 6. The number of benzene rings is 1. The molecule has 1 rings (SSSR count). The average molecular weight is 287 g/mol. The molecule has 1 aromatic carbocycles. The van der Waals surface area contributed by atoms with Crippen LogP contribution in [0.15, 0.2) is 29.2 Å². The Kier molecular flexibility index (Phi) is 5.60. The molecule has 0 heterocycles. The standard InChI is InChI=1S/C12H15ClN2O2S/c1-2-7-15-18(16,17)12-5-3-10(4-6-12)11(8-13)9-14/h3-6,11,15H,2,7-8H2,1H3. The van der Waals surface area contributed by atoms with Gasteiger partial charge in [-0.25, -0.2) is 13.1 Å². The Morgan fingerprint density at radius 1 is 1.39 bits per heavy atom. The van der Waals surface area contributed by atoms with Crippen molar-refractivity contribution < 1.29 is 8.42 Å². The van der Waals surface area contributed by atoms with E-state index in [1.165, 1.54) is 12.1 Å². The van der Waals surface area contributed by atoms with Crippen molar-refractivity contribution >= 4 is 21.6 Å². The molecule has 6 heteroatoms. The third-order valence-electron chi connectivity index (χ3n) is 2.44. The van der Waals surface area contributed by atoms with Crippen LogP contribution in [0.1, 0.15) is 24.8 Å². The molecule has 98 valence electrons. The van der Waals surface area contributed by atoms with E-state index in [1.807, 2.05) is 6.92 Å². The molecule has 1 N–H and O–H groups in total. The van der Waals surface area contributed by atoms with Gasteiger partial charge in [0.25, 0.3) is 0 Å². The highest BCUT2D eigenvalue weighted by atomic mass is 35.5. The molecule has 4 nitrogen and oxygen atoms in total. The van der Waals surface area contributed by atoms with E-state index in [-0.39, 0.29) is 10.8 Å². The van der Waals surface area contributed by atoms with Gasteiger partial charge in [0.05, 0.1) is 16.9 Å². The number of alkyl halides is 1. The van der Waals surface area contributed by atoms with Gasteiger partial charge in [0.15, 0.2) is 0 Å². The third-order valence-corrected chi connectivity index (χ3v) is 4.23. The zero-order chi connectivity index (χ0) is 13.6. The predicted octanol–water partition coefficient (Wildman–Crippen LogP) is 2.22. The van der Waals surface area contributed by atoms with Gasteiger partial charge in [0.2, 0.25) is 10.0 Å². The molecule has 1 aromatic rings. The van der Waals surface area contributed by atoms with E-state index in [9.17, 15) is 8.42 Å². The second-order valence-corrected chi connectivity index (χ2v) is 5.88. The predicted molar refractivity (Wildman–Crippen MR) is 71.0 cm³/mol. The van der Waals surface area contributed by atoms with Crippen molar-refractivity contribution in [2.24, 2.45) is 0 Å². The molecular weight excluding hydrogens is 272 g/mol. The number of nitrogens with one attached hydrogen (secondary N) is 1. The van der Waals surface area contributed by atoms with Crippen LogP contribution in [0.2, 0.25) is 0 Å². The minimum Gasteiger partial charge on any atom is -0.211 e. The summed E-state index contributed by atoms with van der Waals surface area (Å²) in [5.41, 5.74) is 0.724. The van der Waals surface area contributed by atoms with Gasteiger partial charge >= 0.3 is 0 Å². The summed E-state index contributed by atoms with van der Waals surface area (Å²) < 4.78 is 26.1. The van der Waals surface area contributed by atoms with E-state index in [0.29, 0.717) is 6.54 Å². The monoisotopic (exact) mass is 286 g/mol. The minimum atomic E-state index is -3.44. The maximum atomic E-state index is 11.8. The summed E-state index contributed by atoms with van der Waals surface area (Å²) in [6.45, 7) is 2.30. The van der Waals surface area contributed by atoms with E-state index in [2.05, 4.69) is 10.8 Å². The Bertz CT molecular complexity index is 520. The summed E-state index contributed by atoms with van der Waals surface area (Å²) in [6, 6.07) is 8.29. The van der Waals surface area contributed by atoms with Crippen LogP contribution in [-0.4, -0.2) is 20.8 Å². The van der Waals surface area contributed by atoms with Crippen LogP contribution in [0.3, 0.4) is 0 Å². The molecule has 0 fully saturated rings. The first kappa shape index (κ1) is 15.0. The van der Waals surface area contributed by atoms with Crippen molar-refractivity contribution in [3.8, 4) is 6.07 Å².